The molecule has 0 aromatic carbocycles. The molecular formula is C10H15N3S. The van der Waals surface area contributed by atoms with Crippen LogP contribution in [0.15, 0.2) is 11.1 Å². The fourth-order valence-corrected chi connectivity index (χ4v) is 2.04. The van der Waals surface area contributed by atoms with Crippen molar-refractivity contribution in [3.05, 3.63) is 11.9 Å². The van der Waals surface area contributed by atoms with Crippen molar-refractivity contribution in [1.82, 2.24) is 9.97 Å². The highest BCUT2D eigenvalue weighted by atomic mass is 32.2. The maximum atomic E-state index is 5.73. The van der Waals surface area contributed by atoms with Crippen LogP contribution in [-0.4, -0.2) is 15.7 Å². The largest absolute Gasteiger partial charge is 0.384 e. The molecule has 1 fully saturated rings. The van der Waals surface area contributed by atoms with Gasteiger partial charge in [0.25, 0.3) is 0 Å². The second-order valence-corrected chi connectivity index (χ2v) is 4.73. The first kappa shape index (κ1) is 9.77. The van der Waals surface area contributed by atoms with E-state index in [1.54, 1.807) is 11.8 Å². The first-order valence-electron chi connectivity index (χ1n) is 5.07. The summed E-state index contributed by atoms with van der Waals surface area (Å²) in [6, 6.07) is 1.87. The van der Waals surface area contributed by atoms with E-state index in [9.17, 15) is 0 Å². The topological polar surface area (TPSA) is 51.8 Å². The standard InChI is InChI=1S/C10H15N3S/c1-2-5-14-9-6-8(11)12-10(13-9)7-3-4-7/h6-7H,2-5H2,1H3,(H2,11,12,13). The Balaban J connectivity index is 2.13. The van der Waals surface area contributed by atoms with Crippen LogP contribution in [0.3, 0.4) is 0 Å². The zero-order valence-electron chi connectivity index (χ0n) is 8.36. The second kappa shape index (κ2) is 4.17. The molecule has 1 saturated carbocycles. The van der Waals surface area contributed by atoms with Crippen molar-refractivity contribution in [2.75, 3.05) is 11.5 Å². The van der Waals surface area contributed by atoms with Gasteiger partial charge in [0.05, 0.1) is 0 Å². The number of nitrogens with zero attached hydrogens (tertiary/aromatic N) is 2. The fraction of sp³-hybridized carbons (Fsp3) is 0.600. The Bertz CT molecular complexity index is 323. The minimum atomic E-state index is 0.583. The van der Waals surface area contributed by atoms with Gasteiger partial charge in [0.2, 0.25) is 0 Å². The van der Waals surface area contributed by atoms with Crippen molar-refractivity contribution < 1.29 is 0 Å². The van der Waals surface area contributed by atoms with Gasteiger partial charge in [-0.1, -0.05) is 6.92 Å². The lowest BCUT2D eigenvalue weighted by atomic mass is 10.4. The van der Waals surface area contributed by atoms with Crippen LogP contribution >= 0.6 is 11.8 Å². The van der Waals surface area contributed by atoms with E-state index in [1.807, 2.05) is 6.07 Å². The van der Waals surface area contributed by atoms with Gasteiger partial charge in [0.1, 0.15) is 16.7 Å². The number of nitrogen functional groups attached to an aromatic ring is 1. The summed E-state index contributed by atoms with van der Waals surface area (Å²) >= 11 is 1.76. The van der Waals surface area contributed by atoms with E-state index < -0.39 is 0 Å². The molecule has 3 nitrogen and oxygen atoms in total. The Hall–Kier alpha value is -0.770. The lowest BCUT2D eigenvalue weighted by molar-refractivity contribution is 0.883. The number of nitrogens with two attached hydrogens (primary N) is 1. The maximum Gasteiger partial charge on any atom is 0.135 e. The summed E-state index contributed by atoms with van der Waals surface area (Å²) in [5, 5.41) is 1.03. The summed E-state index contributed by atoms with van der Waals surface area (Å²) in [5.74, 6) is 3.24. The first-order chi connectivity index (χ1) is 6.79. The average Bonchev–Trinajstić information content (AvgIpc) is 2.97. The Kier molecular flexibility index (Phi) is 2.91. The highest BCUT2D eigenvalue weighted by Gasteiger charge is 2.27. The molecule has 1 aromatic heterocycles. The third kappa shape index (κ3) is 2.38. The molecule has 1 aliphatic carbocycles. The molecule has 2 rings (SSSR count). The van der Waals surface area contributed by atoms with Gasteiger partial charge >= 0.3 is 0 Å². The molecule has 0 spiro atoms. The van der Waals surface area contributed by atoms with Crippen LogP contribution in [0.4, 0.5) is 5.82 Å². The molecule has 4 heteroatoms. The van der Waals surface area contributed by atoms with Crippen LogP contribution in [0, 0.1) is 0 Å². The molecule has 0 bridgehead atoms. The van der Waals surface area contributed by atoms with E-state index >= 15 is 0 Å². The summed E-state index contributed by atoms with van der Waals surface area (Å²) in [7, 11) is 0. The highest BCUT2D eigenvalue weighted by molar-refractivity contribution is 7.99. The molecule has 0 aliphatic heterocycles. The Morgan fingerprint density at radius 2 is 2.29 bits per heavy atom. The van der Waals surface area contributed by atoms with Crippen molar-refractivity contribution in [1.29, 1.82) is 0 Å². The van der Waals surface area contributed by atoms with Gasteiger partial charge < -0.3 is 5.73 Å². The zero-order valence-corrected chi connectivity index (χ0v) is 9.18. The van der Waals surface area contributed by atoms with E-state index in [1.165, 1.54) is 12.8 Å². The molecule has 0 saturated heterocycles. The number of anilines is 1. The van der Waals surface area contributed by atoms with Gasteiger partial charge in [-0.2, -0.15) is 0 Å². The molecule has 0 atom stereocenters. The van der Waals surface area contributed by atoms with E-state index in [4.69, 9.17) is 5.73 Å². The van der Waals surface area contributed by atoms with Crippen LogP contribution < -0.4 is 5.73 Å². The Labute approximate surface area is 88.5 Å². The first-order valence-corrected chi connectivity index (χ1v) is 6.05. The summed E-state index contributed by atoms with van der Waals surface area (Å²) < 4.78 is 0. The number of thioether (sulfide) groups is 1. The number of aromatic nitrogens is 2. The van der Waals surface area contributed by atoms with Crippen LogP contribution in [0.5, 0.6) is 0 Å². The van der Waals surface area contributed by atoms with Crippen LogP contribution in [0.1, 0.15) is 37.9 Å². The minimum absolute atomic E-state index is 0.583. The molecule has 76 valence electrons. The van der Waals surface area contributed by atoms with Gasteiger partial charge in [-0.25, -0.2) is 9.97 Å². The Morgan fingerprint density at radius 3 is 2.93 bits per heavy atom. The summed E-state index contributed by atoms with van der Waals surface area (Å²) in [4.78, 5) is 8.76. The van der Waals surface area contributed by atoms with Gasteiger partial charge in [-0.3, -0.25) is 0 Å². The van der Waals surface area contributed by atoms with Crippen LogP contribution in [-0.2, 0) is 0 Å². The Morgan fingerprint density at radius 1 is 1.50 bits per heavy atom. The molecule has 1 aromatic rings. The molecule has 2 N–H and O–H groups in total. The monoisotopic (exact) mass is 209 g/mol. The fourth-order valence-electron chi connectivity index (χ4n) is 1.27. The molecular weight excluding hydrogens is 194 g/mol. The van der Waals surface area contributed by atoms with E-state index in [0.717, 1.165) is 23.0 Å². The van der Waals surface area contributed by atoms with Crippen molar-refractivity contribution >= 4 is 17.6 Å². The maximum absolute atomic E-state index is 5.73. The van der Waals surface area contributed by atoms with Crippen molar-refractivity contribution in [3.63, 3.8) is 0 Å². The smallest absolute Gasteiger partial charge is 0.135 e. The third-order valence-corrected chi connectivity index (χ3v) is 3.25. The predicted molar refractivity (Wildman–Crippen MR) is 59.4 cm³/mol. The minimum Gasteiger partial charge on any atom is -0.384 e. The number of hydrogen-bond donors (Lipinski definition) is 1. The number of hydrogen-bond acceptors (Lipinski definition) is 4. The van der Waals surface area contributed by atoms with Gasteiger partial charge in [-0.05, 0) is 25.0 Å². The van der Waals surface area contributed by atoms with Crippen molar-refractivity contribution in [2.24, 2.45) is 0 Å². The van der Waals surface area contributed by atoms with E-state index in [2.05, 4.69) is 16.9 Å². The third-order valence-electron chi connectivity index (χ3n) is 2.14. The molecule has 0 amide bonds. The lowest BCUT2D eigenvalue weighted by Gasteiger charge is -2.03. The highest BCUT2D eigenvalue weighted by Crippen LogP contribution is 2.38. The number of rotatable bonds is 4. The van der Waals surface area contributed by atoms with Crippen molar-refractivity contribution in [2.45, 2.75) is 37.1 Å². The lowest BCUT2D eigenvalue weighted by Crippen LogP contribution is -1.99. The summed E-state index contributed by atoms with van der Waals surface area (Å²) in [6.45, 7) is 2.17. The molecule has 1 aliphatic rings. The van der Waals surface area contributed by atoms with Gasteiger partial charge in [-0.15, -0.1) is 11.8 Å². The quantitative estimate of drug-likeness (QED) is 0.611. The molecule has 0 radical (unpaired) electrons. The summed E-state index contributed by atoms with van der Waals surface area (Å²) in [5.41, 5.74) is 5.73. The van der Waals surface area contributed by atoms with Crippen molar-refractivity contribution in [3.8, 4) is 0 Å². The van der Waals surface area contributed by atoms with Gasteiger partial charge in [0, 0.05) is 12.0 Å². The average molecular weight is 209 g/mol. The van der Waals surface area contributed by atoms with E-state index in [-0.39, 0.29) is 0 Å². The predicted octanol–water partition coefficient (Wildman–Crippen LogP) is 2.44. The molecule has 0 unspecified atom stereocenters. The van der Waals surface area contributed by atoms with Crippen LogP contribution in [0.2, 0.25) is 0 Å². The molecule has 1 heterocycles. The zero-order chi connectivity index (χ0) is 9.97. The summed E-state index contributed by atoms with van der Waals surface area (Å²) in [6.07, 6.45) is 3.61. The molecule has 14 heavy (non-hydrogen) atoms. The van der Waals surface area contributed by atoms with Gasteiger partial charge in [0.15, 0.2) is 0 Å². The second-order valence-electron chi connectivity index (χ2n) is 3.61. The van der Waals surface area contributed by atoms with Crippen LogP contribution in [0.25, 0.3) is 0 Å². The SMILES string of the molecule is CCCSc1cc(N)nc(C2CC2)n1. The van der Waals surface area contributed by atoms with E-state index in [0.29, 0.717) is 11.7 Å². The normalized spacial score (nSPS) is 15.8.